The van der Waals surface area contributed by atoms with E-state index in [0.717, 1.165) is 17.1 Å². The van der Waals surface area contributed by atoms with E-state index in [0.29, 0.717) is 36.4 Å². The van der Waals surface area contributed by atoms with E-state index < -0.39 is 0 Å². The number of hydrogen-bond donors (Lipinski definition) is 3. The minimum Gasteiger partial charge on any atom is -0.486 e. The molecule has 4 rings (SSSR count). The molecule has 0 fully saturated rings. The molecular formula is C20H19N5O3. The number of hydrogen-bond acceptors (Lipinski definition) is 7. The molecule has 3 aromatic rings. The van der Waals surface area contributed by atoms with Gasteiger partial charge >= 0.3 is 0 Å². The van der Waals surface area contributed by atoms with Crippen molar-refractivity contribution >= 4 is 34.7 Å². The van der Waals surface area contributed by atoms with E-state index in [1.807, 2.05) is 42.5 Å². The average Bonchev–Trinajstić information content (AvgIpc) is 2.68. The smallest absolute Gasteiger partial charge is 0.229 e. The topological polar surface area (TPSA) is 97.4 Å². The van der Waals surface area contributed by atoms with Crippen LogP contribution in [0.1, 0.15) is 6.92 Å². The molecule has 1 aliphatic rings. The van der Waals surface area contributed by atoms with E-state index in [-0.39, 0.29) is 5.91 Å². The third kappa shape index (κ3) is 4.29. The Morgan fingerprint density at radius 3 is 2.57 bits per heavy atom. The second kappa shape index (κ2) is 7.83. The number of anilines is 5. The summed E-state index contributed by atoms with van der Waals surface area (Å²) >= 11 is 0. The monoisotopic (exact) mass is 377 g/mol. The summed E-state index contributed by atoms with van der Waals surface area (Å²) in [5.74, 6) is 2.37. The zero-order valence-corrected chi connectivity index (χ0v) is 15.2. The first-order valence-corrected chi connectivity index (χ1v) is 8.80. The van der Waals surface area contributed by atoms with Gasteiger partial charge in [-0.25, -0.2) is 4.98 Å². The molecule has 0 atom stereocenters. The predicted molar refractivity (Wildman–Crippen MR) is 107 cm³/mol. The van der Waals surface area contributed by atoms with Gasteiger partial charge in [0.1, 0.15) is 19.0 Å². The van der Waals surface area contributed by atoms with Gasteiger partial charge in [-0.3, -0.25) is 4.79 Å². The summed E-state index contributed by atoms with van der Waals surface area (Å²) in [6.07, 6.45) is 1.66. The number of carbonyl (C=O) groups is 1. The van der Waals surface area contributed by atoms with E-state index in [1.54, 1.807) is 12.3 Å². The van der Waals surface area contributed by atoms with Gasteiger partial charge in [0.25, 0.3) is 0 Å². The Hall–Kier alpha value is -3.81. The van der Waals surface area contributed by atoms with Gasteiger partial charge in [0, 0.05) is 36.2 Å². The molecular weight excluding hydrogens is 358 g/mol. The van der Waals surface area contributed by atoms with Gasteiger partial charge in [-0.05, 0) is 36.4 Å². The van der Waals surface area contributed by atoms with E-state index in [1.165, 1.54) is 6.92 Å². The quantitative estimate of drug-likeness (QED) is 0.624. The molecule has 0 bridgehead atoms. The first-order valence-electron chi connectivity index (χ1n) is 8.80. The van der Waals surface area contributed by atoms with Crippen molar-refractivity contribution in [1.82, 2.24) is 9.97 Å². The van der Waals surface area contributed by atoms with Gasteiger partial charge in [-0.1, -0.05) is 6.07 Å². The van der Waals surface area contributed by atoms with Crippen LogP contribution in [0.5, 0.6) is 11.5 Å². The van der Waals surface area contributed by atoms with Crippen molar-refractivity contribution in [3.8, 4) is 11.5 Å². The first kappa shape index (κ1) is 17.6. The molecule has 142 valence electrons. The summed E-state index contributed by atoms with van der Waals surface area (Å²) in [6.45, 7) is 2.56. The van der Waals surface area contributed by atoms with E-state index >= 15 is 0 Å². The van der Waals surface area contributed by atoms with Gasteiger partial charge in [0.15, 0.2) is 11.5 Å². The fraction of sp³-hybridized carbons (Fsp3) is 0.150. The van der Waals surface area contributed by atoms with Crippen LogP contribution < -0.4 is 25.4 Å². The second-order valence-electron chi connectivity index (χ2n) is 6.14. The predicted octanol–water partition coefficient (Wildman–Crippen LogP) is 3.69. The van der Waals surface area contributed by atoms with Crippen molar-refractivity contribution in [1.29, 1.82) is 0 Å². The highest BCUT2D eigenvalue weighted by Gasteiger charge is 2.12. The number of rotatable bonds is 5. The van der Waals surface area contributed by atoms with Gasteiger partial charge in [-0.15, -0.1) is 0 Å². The zero-order valence-electron chi connectivity index (χ0n) is 15.2. The van der Waals surface area contributed by atoms with Crippen LogP contribution >= 0.6 is 0 Å². The summed E-state index contributed by atoms with van der Waals surface area (Å²) in [4.78, 5) is 19.9. The van der Waals surface area contributed by atoms with E-state index in [2.05, 4.69) is 25.9 Å². The number of amides is 1. The number of fused-ring (bicyclic) bond motifs is 1. The lowest BCUT2D eigenvalue weighted by Gasteiger charge is -2.19. The summed E-state index contributed by atoms with van der Waals surface area (Å²) in [5.41, 5.74) is 2.31. The SMILES string of the molecule is CC(=O)Nc1cccc(Nc2ccnc(Nc3ccc4c(c3)OCCO4)n2)c1. The Balaban J connectivity index is 1.48. The molecule has 2 aromatic carbocycles. The average molecular weight is 377 g/mol. The molecule has 1 amide bonds. The molecule has 0 saturated heterocycles. The summed E-state index contributed by atoms with van der Waals surface area (Å²) < 4.78 is 11.1. The van der Waals surface area contributed by atoms with Gasteiger partial charge < -0.3 is 25.4 Å². The van der Waals surface area contributed by atoms with Crippen LogP contribution in [-0.4, -0.2) is 29.1 Å². The molecule has 0 aliphatic carbocycles. The molecule has 1 aliphatic heterocycles. The minimum absolute atomic E-state index is 0.120. The van der Waals surface area contributed by atoms with Crippen LogP contribution in [0.15, 0.2) is 54.7 Å². The molecule has 8 heteroatoms. The third-order valence-electron chi connectivity index (χ3n) is 3.91. The van der Waals surface area contributed by atoms with Crippen molar-refractivity contribution in [2.24, 2.45) is 0 Å². The molecule has 0 saturated carbocycles. The van der Waals surface area contributed by atoms with Crippen molar-refractivity contribution in [2.45, 2.75) is 6.92 Å². The zero-order chi connectivity index (χ0) is 19.3. The Labute approximate surface area is 161 Å². The molecule has 1 aromatic heterocycles. The van der Waals surface area contributed by atoms with Crippen molar-refractivity contribution in [3.63, 3.8) is 0 Å². The maximum absolute atomic E-state index is 11.2. The van der Waals surface area contributed by atoms with Crippen molar-refractivity contribution < 1.29 is 14.3 Å². The standard InChI is InChI=1S/C20H19N5O3/c1-13(26)22-14-3-2-4-15(11-14)23-19-7-8-21-20(25-19)24-16-5-6-17-18(12-16)28-10-9-27-17/h2-8,11-12H,9-10H2,1H3,(H,22,26)(H2,21,23,24,25). The normalized spacial score (nSPS) is 12.2. The largest absolute Gasteiger partial charge is 0.486 e. The maximum atomic E-state index is 11.2. The van der Waals surface area contributed by atoms with Crippen LogP contribution in [0.2, 0.25) is 0 Å². The van der Waals surface area contributed by atoms with Gasteiger partial charge in [0.2, 0.25) is 11.9 Å². The number of nitrogens with zero attached hydrogens (tertiary/aromatic N) is 2. The number of nitrogens with one attached hydrogen (secondary N) is 3. The minimum atomic E-state index is -0.120. The Morgan fingerprint density at radius 1 is 0.929 bits per heavy atom. The molecule has 3 N–H and O–H groups in total. The van der Waals surface area contributed by atoms with Crippen LogP contribution in [0, 0.1) is 0 Å². The highest BCUT2D eigenvalue weighted by molar-refractivity contribution is 5.89. The molecule has 0 radical (unpaired) electrons. The lowest BCUT2D eigenvalue weighted by atomic mass is 10.2. The van der Waals surface area contributed by atoms with Crippen LogP contribution in [0.25, 0.3) is 0 Å². The number of benzene rings is 2. The van der Waals surface area contributed by atoms with Crippen molar-refractivity contribution in [2.75, 3.05) is 29.2 Å². The second-order valence-corrected chi connectivity index (χ2v) is 6.14. The van der Waals surface area contributed by atoms with Gasteiger partial charge in [0.05, 0.1) is 0 Å². The highest BCUT2D eigenvalue weighted by atomic mass is 16.6. The molecule has 0 unspecified atom stereocenters. The highest BCUT2D eigenvalue weighted by Crippen LogP contribution is 2.33. The van der Waals surface area contributed by atoms with Crippen LogP contribution in [-0.2, 0) is 4.79 Å². The number of carbonyl (C=O) groups excluding carboxylic acids is 1. The van der Waals surface area contributed by atoms with Crippen molar-refractivity contribution in [3.05, 3.63) is 54.7 Å². The van der Waals surface area contributed by atoms with E-state index in [9.17, 15) is 4.79 Å². The van der Waals surface area contributed by atoms with Gasteiger partial charge in [-0.2, -0.15) is 4.98 Å². The Morgan fingerprint density at radius 2 is 1.71 bits per heavy atom. The fourth-order valence-electron chi connectivity index (χ4n) is 2.76. The molecule has 28 heavy (non-hydrogen) atoms. The lowest BCUT2D eigenvalue weighted by molar-refractivity contribution is -0.114. The first-order chi connectivity index (χ1) is 13.7. The number of ether oxygens (including phenoxy) is 2. The summed E-state index contributed by atoms with van der Waals surface area (Å²) in [5, 5.41) is 9.12. The molecule has 0 spiro atoms. The van der Waals surface area contributed by atoms with E-state index in [4.69, 9.17) is 9.47 Å². The van der Waals surface area contributed by atoms with Crippen LogP contribution in [0.4, 0.5) is 28.8 Å². The van der Waals surface area contributed by atoms with Crippen LogP contribution in [0.3, 0.4) is 0 Å². The Bertz CT molecular complexity index is 1010. The fourth-order valence-corrected chi connectivity index (χ4v) is 2.76. The molecule has 2 heterocycles. The summed E-state index contributed by atoms with van der Waals surface area (Å²) in [6, 6.07) is 14.7. The lowest BCUT2D eigenvalue weighted by Crippen LogP contribution is -2.15. The maximum Gasteiger partial charge on any atom is 0.229 e. The number of aromatic nitrogens is 2. The third-order valence-corrected chi connectivity index (χ3v) is 3.91. The Kier molecular flexibility index (Phi) is 4.92. The molecule has 8 nitrogen and oxygen atoms in total. The summed E-state index contributed by atoms with van der Waals surface area (Å²) in [7, 11) is 0.